The van der Waals surface area contributed by atoms with Gasteiger partial charge in [-0.05, 0) is 44.2 Å². The molecule has 1 amide bonds. The Kier molecular flexibility index (Phi) is 4.66. The van der Waals surface area contributed by atoms with Crippen LogP contribution in [-0.4, -0.2) is 52.0 Å². The second kappa shape index (κ2) is 7.88. The molecule has 0 spiro atoms. The average Bonchev–Trinajstić information content (AvgIpc) is 3.68. The van der Waals surface area contributed by atoms with Gasteiger partial charge in [-0.2, -0.15) is 10.3 Å². The van der Waals surface area contributed by atoms with Gasteiger partial charge in [0.1, 0.15) is 5.69 Å². The molecule has 4 aromatic heterocycles. The number of para-hydroxylation sites is 1. The third-order valence-electron chi connectivity index (χ3n) is 7.85. The number of hydrogen-bond acceptors (Lipinski definition) is 5. The monoisotopic (exact) mass is 505 g/mol. The van der Waals surface area contributed by atoms with Gasteiger partial charge in [0.25, 0.3) is 5.91 Å². The Morgan fingerprint density at radius 3 is 2.66 bits per heavy atom. The Balaban J connectivity index is 1.37. The van der Waals surface area contributed by atoms with E-state index in [1.807, 2.05) is 65.6 Å². The fourth-order valence-electron chi connectivity index (χ4n) is 6.05. The van der Waals surface area contributed by atoms with Gasteiger partial charge in [0.2, 0.25) is 5.82 Å². The molecule has 1 N–H and O–H groups in total. The van der Waals surface area contributed by atoms with Crippen LogP contribution >= 0.6 is 0 Å². The summed E-state index contributed by atoms with van der Waals surface area (Å²) in [5.41, 5.74) is 8.89. The number of H-pyrrole nitrogens is 1. The Morgan fingerprint density at radius 2 is 1.92 bits per heavy atom. The van der Waals surface area contributed by atoms with Gasteiger partial charge in [0.05, 0.1) is 22.4 Å². The summed E-state index contributed by atoms with van der Waals surface area (Å²) in [5.74, 6) is 0.538. The number of hydrogen-bond donors (Lipinski definition) is 1. The van der Waals surface area contributed by atoms with E-state index in [0.29, 0.717) is 18.1 Å². The number of amides is 1. The van der Waals surface area contributed by atoms with Gasteiger partial charge in [-0.1, -0.05) is 24.3 Å². The van der Waals surface area contributed by atoms with Crippen molar-refractivity contribution >= 4 is 33.4 Å². The molecule has 1 aliphatic heterocycles. The number of carbonyl (C=O) groups is 1. The summed E-state index contributed by atoms with van der Waals surface area (Å²) in [7, 11) is 3.96. The number of tetrazole rings is 1. The number of nitrogens with one attached hydrogen (secondary N) is 1. The van der Waals surface area contributed by atoms with Crippen molar-refractivity contribution < 1.29 is 4.79 Å². The molecule has 0 saturated carbocycles. The maximum atomic E-state index is 14.1. The number of rotatable bonds is 3. The van der Waals surface area contributed by atoms with Gasteiger partial charge in [-0.25, -0.2) is 0 Å². The largest absolute Gasteiger partial charge is 0.348 e. The molecule has 0 fully saturated rings. The molecule has 1 unspecified atom stereocenters. The first kappa shape index (κ1) is 22.5. The summed E-state index contributed by atoms with van der Waals surface area (Å²) in [6.07, 6.45) is 2.03. The highest BCUT2D eigenvalue weighted by Crippen LogP contribution is 2.40. The van der Waals surface area contributed by atoms with Gasteiger partial charge in [-0.3, -0.25) is 9.48 Å². The quantitative estimate of drug-likeness (QED) is 0.380. The van der Waals surface area contributed by atoms with E-state index in [0.717, 1.165) is 55.6 Å². The highest BCUT2D eigenvalue weighted by molar-refractivity contribution is 6.14. The third kappa shape index (κ3) is 3.03. The van der Waals surface area contributed by atoms with E-state index in [1.165, 1.54) is 0 Å². The summed E-state index contributed by atoms with van der Waals surface area (Å²) in [5, 5.41) is 21.1. The van der Waals surface area contributed by atoms with Crippen LogP contribution in [0.5, 0.6) is 0 Å². The van der Waals surface area contributed by atoms with Crippen molar-refractivity contribution in [3.05, 3.63) is 65.7 Å². The van der Waals surface area contributed by atoms with Gasteiger partial charge < -0.3 is 14.0 Å². The van der Waals surface area contributed by atoms with Crippen LogP contribution in [0.1, 0.15) is 34.8 Å². The zero-order valence-corrected chi connectivity index (χ0v) is 21.9. The molecule has 10 nitrogen and oxygen atoms in total. The summed E-state index contributed by atoms with van der Waals surface area (Å²) in [6.45, 7) is 6.89. The number of aromatic nitrogens is 8. The third-order valence-corrected chi connectivity index (χ3v) is 7.85. The smallest absolute Gasteiger partial charge is 0.275 e. The van der Waals surface area contributed by atoms with Crippen LogP contribution in [-0.2, 0) is 14.1 Å². The lowest BCUT2D eigenvalue weighted by molar-refractivity contribution is 0.0959. The van der Waals surface area contributed by atoms with Crippen molar-refractivity contribution in [1.29, 1.82) is 0 Å². The zero-order valence-electron chi connectivity index (χ0n) is 21.9. The number of anilines is 1. The Labute approximate surface area is 218 Å². The van der Waals surface area contributed by atoms with Crippen LogP contribution in [0.2, 0.25) is 0 Å². The molecular formula is C28H27N9O. The number of benzene rings is 2. The minimum absolute atomic E-state index is 0.000347. The first-order valence-electron chi connectivity index (χ1n) is 12.6. The topological polar surface area (TPSA) is 102 Å². The number of aryl methyl sites for hydroxylation is 3. The van der Waals surface area contributed by atoms with Crippen LogP contribution in [0.4, 0.5) is 5.69 Å². The Hall–Kier alpha value is -4.73. The fraction of sp³-hybridized carbons (Fsp3) is 0.250. The zero-order chi connectivity index (χ0) is 26.3. The minimum Gasteiger partial charge on any atom is -0.348 e. The molecule has 190 valence electrons. The summed E-state index contributed by atoms with van der Waals surface area (Å²) < 4.78 is 6.18. The highest BCUT2D eigenvalue weighted by atomic mass is 16.2. The van der Waals surface area contributed by atoms with Crippen molar-refractivity contribution in [2.45, 2.75) is 26.8 Å². The molecule has 10 heteroatoms. The Bertz CT molecular complexity index is 1890. The molecule has 1 atom stereocenters. The first-order chi connectivity index (χ1) is 18.3. The second-order valence-corrected chi connectivity index (χ2v) is 10.2. The van der Waals surface area contributed by atoms with Crippen molar-refractivity contribution in [2.24, 2.45) is 14.1 Å². The molecule has 1 aliphatic rings. The second-order valence-electron chi connectivity index (χ2n) is 10.2. The predicted octanol–water partition coefficient (Wildman–Crippen LogP) is 4.55. The molecule has 38 heavy (non-hydrogen) atoms. The average molecular weight is 506 g/mol. The minimum atomic E-state index is -0.000347. The van der Waals surface area contributed by atoms with E-state index in [9.17, 15) is 4.79 Å². The van der Waals surface area contributed by atoms with Gasteiger partial charge >= 0.3 is 0 Å². The van der Waals surface area contributed by atoms with Crippen LogP contribution in [0.3, 0.4) is 0 Å². The van der Waals surface area contributed by atoms with Crippen molar-refractivity contribution in [3.63, 3.8) is 0 Å². The van der Waals surface area contributed by atoms with Crippen molar-refractivity contribution in [1.82, 2.24) is 39.5 Å². The van der Waals surface area contributed by atoms with Crippen molar-refractivity contribution in [2.75, 3.05) is 11.4 Å². The number of carbonyl (C=O) groups excluding carboxylic acids is 1. The summed E-state index contributed by atoms with van der Waals surface area (Å²) in [6, 6.07) is 14.4. The van der Waals surface area contributed by atoms with E-state index in [2.05, 4.69) is 62.3 Å². The van der Waals surface area contributed by atoms with Crippen LogP contribution < -0.4 is 4.90 Å². The molecule has 6 aromatic rings. The van der Waals surface area contributed by atoms with Crippen LogP contribution in [0.25, 0.3) is 44.3 Å². The standard InChI is InChI=1S/C28H27N9O/c1-15-13-36(24-14-34(4)22-12-19(9-10-20(22)24)27-29-32-33-30-27)28(38)23-11-18-7-6-8-21(26(18)37(15)23)25-16(2)31-35(5)17(25)3/h6-12,14-15H,13H2,1-5H3,(H,29,30,32,33). The predicted molar refractivity (Wildman–Crippen MR) is 146 cm³/mol. The number of aromatic amines is 1. The lowest BCUT2D eigenvalue weighted by Crippen LogP contribution is -2.42. The molecule has 0 saturated heterocycles. The molecule has 7 rings (SSSR count). The Morgan fingerprint density at radius 1 is 1.08 bits per heavy atom. The molecule has 0 aliphatic carbocycles. The molecule has 0 bridgehead atoms. The summed E-state index contributed by atoms with van der Waals surface area (Å²) in [4.78, 5) is 16.0. The van der Waals surface area contributed by atoms with E-state index in [4.69, 9.17) is 0 Å². The maximum absolute atomic E-state index is 14.1. The van der Waals surface area contributed by atoms with E-state index in [1.54, 1.807) is 0 Å². The molecule has 2 aromatic carbocycles. The lowest BCUT2D eigenvalue weighted by atomic mass is 10.0. The molecular weight excluding hydrogens is 478 g/mol. The molecule has 5 heterocycles. The van der Waals surface area contributed by atoms with E-state index < -0.39 is 0 Å². The SMILES string of the molecule is Cc1nn(C)c(C)c1-c1cccc2cc3n(c12)C(C)CN(c1cn(C)c2cc(-c4nn[nH]n4)ccc12)C3=O. The molecule has 0 radical (unpaired) electrons. The van der Waals surface area contributed by atoms with E-state index in [-0.39, 0.29) is 11.9 Å². The lowest BCUT2D eigenvalue weighted by Gasteiger charge is -2.33. The van der Waals surface area contributed by atoms with Gasteiger partial charge in [-0.15, -0.1) is 10.2 Å². The first-order valence-corrected chi connectivity index (χ1v) is 12.6. The van der Waals surface area contributed by atoms with E-state index >= 15 is 0 Å². The normalized spacial score (nSPS) is 15.7. The van der Waals surface area contributed by atoms with Crippen LogP contribution in [0.15, 0.2) is 48.7 Å². The highest BCUT2D eigenvalue weighted by Gasteiger charge is 2.34. The van der Waals surface area contributed by atoms with Gasteiger partial charge in [0, 0.05) is 66.0 Å². The number of nitrogens with zero attached hydrogens (tertiary/aromatic N) is 8. The van der Waals surface area contributed by atoms with Crippen molar-refractivity contribution in [3.8, 4) is 22.5 Å². The number of fused-ring (bicyclic) bond motifs is 4. The maximum Gasteiger partial charge on any atom is 0.275 e. The van der Waals surface area contributed by atoms with Gasteiger partial charge in [0.15, 0.2) is 0 Å². The van der Waals surface area contributed by atoms with Crippen LogP contribution in [0, 0.1) is 13.8 Å². The fourth-order valence-corrected chi connectivity index (χ4v) is 6.05. The summed E-state index contributed by atoms with van der Waals surface area (Å²) >= 11 is 0.